The van der Waals surface area contributed by atoms with Crippen molar-refractivity contribution in [1.29, 1.82) is 0 Å². The number of imidazole rings is 1. The third kappa shape index (κ3) is 3.11. The normalized spacial score (nSPS) is 10.8. The van der Waals surface area contributed by atoms with Gasteiger partial charge in [-0.25, -0.2) is 4.98 Å². The van der Waals surface area contributed by atoms with E-state index >= 15 is 0 Å². The van der Waals surface area contributed by atoms with Crippen molar-refractivity contribution in [2.75, 3.05) is 0 Å². The van der Waals surface area contributed by atoms with Crippen LogP contribution in [-0.4, -0.2) is 36.6 Å². The molecule has 0 bridgehead atoms. The van der Waals surface area contributed by atoms with E-state index in [1.54, 1.807) is 29.1 Å². The fourth-order valence-electron chi connectivity index (χ4n) is 1.70. The number of aromatic nitrogens is 4. The summed E-state index contributed by atoms with van der Waals surface area (Å²) in [5.41, 5.74) is 0. The Balaban J connectivity index is 2.18. The van der Waals surface area contributed by atoms with Crippen LogP contribution >= 0.6 is 11.8 Å². The molecule has 6 nitrogen and oxygen atoms in total. The summed E-state index contributed by atoms with van der Waals surface area (Å²) in [6, 6.07) is 3.52. The van der Waals surface area contributed by atoms with Crippen LogP contribution in [0.15, 0.2) is 29.6 Å². The highest BCUT2D eigenvalue weighted by atomic mass is 32.2. The van der Waals surface area contributed by atoms with E-state index in [1.165, 1.54) is 13.8 Å². The van der Waals surface area contributed by atoms with Crippen molar-refractivity contribution in [3.63, 3.8) is 0 Å². The summed E-state index contributed by atoms with van der Waals surface area (Å²) in [6.07, 6.45) is 3.47. The molecular formula is C13H14N4O2S. The van der Waals surface area contributed by atoms with Gasteiger partial charge in [-0.3, -0.25) is 14.2 Å². The van der Waals surface area contributed by atoms with Crippen molar-refractivity contribution in [3.05, 3.63) is 30.4 Å². The summed E-state index contributed by atoms with van der Waals surface area (Å²) in [7, 11) is 0. The molecule has 2 aromatic heterocycles. The van der Waals surface area contributed by atoms with Gasteiger partial charge in [-0.2, -0.15) is 0 Å². The fourth-order valence-corrected chi connectivity index (χ4v) is 2.51. The van der Waals surface area contributed by atoms with Crippen molar-refractivity contribution in [3.8, 4) is 5.82 Å². The molecule has 2 heterocycles. The van der Waals surface area contributed by atoms with E-state index in [0.29, 0.717) is 10.8 Å². The topological polar surface area (TPSA) is 77.7 Å². The molecule has 0 aliphatic carbocycles. The molecule has 20 heavy (non-hydrogen) atoms. The average molecular weight is 290 g/mol. The minimum Gasteiger partial charge on any atom is -0.298 e. The Morgan fingerprint density at radius 3 is 2.35 bits per heavy atom. The Bertz CT molecular complexity index is 622. The first-order valence-corrected chi connectivity index (χ1v) is 6.88. The lowest BCUT2D eigenvalue weighted by Gasteiger charge is -2.09. The van der Waals surface area contributed by atoms with Crippen molar-refractivity contribution in [2.24, 2.45) is 0 Å². The Labute approximate surface area is 120 Å². The van der Waals surface area contributed by atoms with Crippen molar-refractivity contribution in [1.82, 2.24) is 19.7 Å². The van der Waals surface area contributed by atoms with Crippen molar-refractivity contribution < 1.29 is 9.59 Å². The highest BCUT2D eigenvalue weighted by molar-refractivity contribution is 8.01. The maximum Gasteiger partial charge on any atom is 0.160 e. The number of carbonyl (C=O) groups is 2. The first kappa shape index (κ1) is 14.4. The van der Waals surface area contributed by atoms with Gasteiger partial charge in [0.15, 0.2) is 17.4 Å². The lowest BCUT2D eigenvalue weighted by atomic mass is 10.2. The van der Waals surface area contributed by atoms with Gasteiger partial charge in [0.2, 0.25) is 0 Å². The largest absolute Gasteiger partial charge is 0.298 e. The quantitative estimate of drug-likeness (QED) is 0.615. The second kappa shape index (κ2) is 5.96. The Morgan fingerprint density at radius 2 is 1.90 bits per heavy atom. The summed E-state index contributed by atoms with van der Waals surface area (Å²) < 4.78 is 1.80. The zero-order chi connectivity index (χ0) is 14.7. The molecule has 0 aliphatic heterocycles. The number of hydrogen-bond acceptors (Lipinski definition) is 6. The second-order valence-corrected chi connectivity index (χ2v) is 5.42. The third-order valence-corrected chi connectivity index (χ3v) is 4.03. The predicted octanol–water partition coefficient (Wildman–Crippen LogP) is 1.61. The predicted molar refractivity (Wildman–Crippen MR) is 74.9 cm³/mol. The molecule has 0 atom stereocenters. The minimum atomic E-state index is -0.717. The zero-order valence-corrected chi connectivity index (χ0v) is 12.2. The van der Waals surface area contributed by atoms with Gasteiger partial charge in [-0.05, 0) is 32.9 Å². The Kier molecular flexibility index (Phi) is 4.29. The molecular weight excluding hydrogens is 276 g/mol. The molecule has 104 valence electrons. The van der Waals surface area contributed by atoms with Crippen molar-refractivity contribution in [2.45, 2.75) is 31.0 Å². The maximum absolute atomic E-state index is 11.4. The van der Waals surface area contributed by atoms with Crippen LogP contribution in [0.1, 0.15) is 19.7 Å². The maximum atomic E-state index is 11.4. The highest BCUT2D eigenvalue weighted by Gasteiger charge is 2.21. The average Bonchev–Trinajstić information content (AvgIpc) is 2.82. The van der Waals surface area contributed by atoms with Gasteiger partial charge in [0, 0.05) is 12.4 Å². The standard InChI is InChI=1S/C13H14N4O2S/c1-8(18)13(9(2)19)20-12-5-4-11(15-16-12)17-7-6-14-10(17)3/h4-7,13H,1-3H3. The van der Waals surface area contributed by atoms with Gasteiger partial charge in [0.05, 0.1) is 0 Å². The molecule has 7 heteroatoms. The molecule has 0 amide bonds. The number of thioether (sulfide) groups is 1. The summed E-state index contributed by atoms with van der Waals surface area (Å²) in [6.45, 7) is 4.66. The monoisotopic (exact) mass is 290 g/mol. The number of aryl methyl sites for hydroxylation is 1. The number of rotatable bonds is 5. The van der Waals surface area contributed by atoms with Crippen LogP contribution in [0.3, 0.4) is 0 Å². The van der Waals surface area contributed by atoms with E-state index in [-0.39, 0.29) is 11.6 Å². The number of ketones is 2. The van der Waals surface area contributed by atoms with E-state index in [2.05, 4.69) is 15.2 Å². The Morgan fingerprint density at radius 1 is 1.20 bits per heavy atom. The SMILES string of the molecule is CC(=O)C(Sc1ccc(-n2ccnc2C)nn1)C(C)=O. The summed E-state index contributed by atoms with van der Waals surface area (Å²) in [4.78, 5) is 26.9. The summed E-state index contributed by atoms with van der Waals surface area (Å²) in [5.74, 6) is 1.09. The number of hydrogen-bond donors (Lipinski definition) is 0. The molecule has 0 fully saturated rings. The van der Waals surface area contributed by atoms with Gasteiger partial charge in [-0.15, -0.1) is 10.2 Å². The molecule has 0 spiro atoms. The molecule has 0 aromatic carbocycles. The molecule has 0 saturated carbocycles. The van der Waals surface area contributed by atoms with Gasteiger partial charge in [-0.1, -0.05) is 11.8 Å². The van der Waals surface area contributed by atoms with Gasteiger partial charge < -0.3 is 0 Å². The van der Waals surface area contributed by atoms with Crippen LogP contribution < -0.4 is 0 Å². The van der Waals surface area contributed by atoms with Gasteiger partial charge in [0.25, 0.3) is 0 Å². The van der Waals surface area contributed by atoms with E-state index in [4.69, 9.17) is 0 Å². The zero-order valence-electron chi connectivity index (χ0n) is 11.4. The van der Waals surface area contributed by atoms with Crippen LogP contribution in [-0.2, 0) is 9.59 Å². The van der Waals surface area contributed by atoms with Crippen LogP contribution in [0.4, 0.5) is 0 Å². The smallest absolute Gasteiger partial charge is 0.160 e. The summed E-state index contributed by atoms with van der Waals surface area (Å²) in [5, 5.41) is 7.95. The van der Waals surface area contributed by atoms with Crippen LogP contribution in [0.2, 0.25) is 0 Å². The second-order valence-electron chi connectivity index (χ2n) is 4.29. The van der Waals surface area contributed by atoms with E-state index < -0.39 is 5.25 Å². The molecule has 2 aromatic rings. The van der Waals surface area contributed by atoms with Crippen LogP contribution in [0, 0.1) is 6.92 Å². The van der Waals surface area contributed by atoms with E-state index in [9.17, 15) is 9.59 Å². The molecule has 0 aliphatic rings. The molecule has 2 rings (SSSR count). The minimum absolute atomic E-state index is 0.182. The number of carbonyl (C=O) groups excluding carboxylic acids is 2. The van der Waals surface area contributed by atoms with Crippen LogP contribution in [0.5, 0.6) is 0 Å². The molecule has 0 saturated heterocycles. The van der Waals surface area contributed by atoms with Gasteiger partial charge >= 0.3 is 0 Å². The Hall–Kier alpha value is -2.02. The summed E-state index contributed by atoms with van der Waals surface area (Å²) >= 11 is 1.12. The third-order valence-electron chi connectivity index (χ3n) is 2.68. The number of Topliss-reactive ketones (excluding diaryl/α,β-unsaturated/α-hetero) is 2. The van der Waals surface area contributed by atoms with Gasteiger partial charge in [0.1, 0.15) is 16.1 Å². The number of nitrogens with zero attached hydrogens (tertiary/aromatic N) is 4. The fraction of sp³-hybridized carbons (Fsp3) is 0.308. The lowest BCUT2D eigenvalue weighted by Crippen LogP contribution is -2.22. The van der Waals surface area contributed by atoms with E-state index in [0.717, 1.165) is 17.6 Å². The lowest BCUT2D eigenvalue weighted by molar-refractivity contribution is -0.123. The van der Waals surface area contributed by atoms with Crippen LogP contribution in [0.25, 0.3) is 5.82 Å². The molecule has 0 N–H and O–H groups in total. The molecule has 0 radical (unpaired) electrons. The first-order valence-electron chi connectivity index (χ1n) is 6.00. The van der Waals surface area contributed by atoms with Crippen molar-refractivity contribution >= 4 is 23.3 Å². The first-order chi connectivity index (χ1) is 9.49. The molecule has 0 unspecified atom stereocenters. The van der Waals surface area contributed by atoms with E-state index in [1.807, 2.05) is 6.92 Å². The highest BCUT2D eigenvalue weighted by Crippen LogP contribution is 2.22.